The summed E-state index contributed by atoms with van der Waals surface area (Å²) in [4.78, 5) is 13.0. The first-order valence-electron chi connectivity index (χ1n) is 4.60. The second kappa shape index (κ2) is 3.91. The number of halogens is 2. The second-order valence-electron chi connectivity index (χ2n) is 3.44. The molecule has 80 valence electrons. The SMILES string of the molecule is Cc1cc(Cl)c(N2CCNC2=O)cc1Cl. The number of benzene rings is 1. The molecule has 1 aliphatic heterocycles. The van der Waals surface area contributed by atoms with Gasteiger partial charge in [0.1, 0.15) is 0 Å². The third-order valence-electron chi connectivity index (χ3n) is 2.38. The number of rotatable bonds is 1. The highest BCUT2D eigenvalue weighted by molar-refractivity contribution is 6.36. The van der Waals surface area contributed by atoms with Crippen LogP contribution in [-0.4, -0.2) is 19.1 Å². The first-order valence-corrected chi connectivity index (χ1v) is 5.36. The Kier molecular flexibility index (Phi) is 2.76. The third-order valence-corrected chi connectivity index (χ3v) is 3.09. The molecule has 1 saturated heterocycles. The van der Waals surface area contributed by atoms with E-state index in [1.807, 2.05) is 6.92 Å². The van der Waals surface area contributed by atoms with Crippen LogP contribution in [0.3, 0.4) is 0 Å². The fourth-order valence-electron chi connectivity index (χ4n) is 1.54. The Labute approximate surface area is 98.0 Å². The van der Waals surface area contributed by atoms with Gasteiger partial charge in [-0.3, -0.25) is 4.90 Å². The third kappa shape index (κ3) is 1.90. The maximum absolute atomic E-state index is 11.4. The maximum Gasteiger partial charge on any atom is 0.322 e. The number of hydrogen-bond donors (Lipinski definition) is 1. The molecular formula is C10H10Cl2N2O. The molecule has 2 amide bonds. The van der Waals surface area contributed by atoms with Gasteiger partial charge in [0.2, 0.25) is 0 Å². The smallest absolute Gasteiger partial charge is 0.322 e. The molecule has 0 saturated carbocycles. The standard InChI is InChI=1S/C10H10Cl2N2O/c1-6-4-8(12)9(5-7(6)11)14-3-2-13-10(14)15/h4-5H,2-3H2,1H3,(H,13,15). The minimum atomic E-state index is -0.128. The summed E-state index contributed by atoms with van der Waals surface area (Å²) in [6.45, 7) is 3.14. The Balaban J connectivity index is 2.43. The molecule has 0 aromatic heterocycles. The quantitative estimate of drug-likeness (QED) is 0.810. The van der Waals surface area contributed by atoms with Gasteiger partial charge >= 0.3 is 6.03 Å². The number of amides is 2. The lowest BCUT2D eigenvalue weighted by Gasteiger charge is -2.16. The molecule has 3 nitrogen and oxygen atoms in total. The largest absolute Gasteiger partial charge is 0.336 e. The minimum absolute atomic E-state index is 0.128. The minimum Gasteiger partial charge on any atom is -0.336 e. The van der Waals surface area contributed by atoms with Gasteiger partial charge < -0.3 is 5.32 Å². The van der Waals surface area contributed by atoms with Gasteiger partial charge in [0, 0.05) is 18.1 Å². The fourth-order valence-corrected chi connectivity index (χ4v) is 2.02. The van der Waals surface area contributed by atoms with E-state index in [1.54, 1.807) is 17.0 Å². The average molecular weight is 245 g/mol. The lowest BCUT2D eigenvalue weighted by molar-refractivity contribution is 0.252. The Bertz CT molecular complexity index is 420. The van der Waals surface area contributed by atoms with Gasteiger partial charge in [0.05, 0.1) is 10.7 Å². The van der Waals surface area contributed by atoms with Gasteiger partial charge in [-0.2, -0.15) is 0 Å². The van der Waals surface area contributed by atoms with E-state index in [9.17, 15) is 4.79 Å². The van der Waals surface area contributed by atoms with Gasteiger partial charge in [-0.15, -0.1) is 0 Å². The lowest BCUT2D eigenvalue weighted by Crippen LogP contribution is -2.27. The molecule has 1 aromatic carbocycles. The summed E-state index contributed by atoms with van der Waals surface area (Å²) < 4.78 is 0. The van der Waals surface area contributed by atoms with Crippen LogP contribution in [0.4, 0.5) is 10.5 Å². The predicted molar refractivity (Wildman–Crippen MR) is 61.9 cm³/mol. The first kappa shape index (κ1) is 10.6. The molecule has 1 aromatic rings. The van der Waals surface area contributed by atoms with E-state index in [4.69, 9.17) is 23.2 Å². The number of carbonyl (C=O) groups is 1. The van der Waals surface area contributed by atoms with E-state index in [-0.39, 0.29) is 6.03 Å². The zero-order valence-electron chi connectivity index (χ0n) is 8.18. The number of anilines is 1. The molecule has 1 N–H and O–H groups in total. The van der Waals surface area contributed by atoms with Crippen molar-refractivity contribution in [2.45, 2.75) is 6.92 Å². The normalized spacial score (nSPS) is 15.7. The van der Waals surface area contributed by atoms with Crippen LogP contribution in [0.5, 0.6) is 0 Å². The van der Waals surface area contributed by atoms with Crippen molar-refractivity contribution in [3.8, 4) is 0 Å². The number of nitrogens with zero attached hydrogens (tertiary/aromatic N) is 1. The van der Waals surface area contributed by atoms with E-state index in [2.05, 4.69) is 5.32 Å². The topological polar surface area (TPSA) is 32.3 Å². The van der Waals surface area contributed by atoms with Gasteiger partial charge in [-0.05, 0) is 24.6 Å². The highest BCUT2D eigenvalue weighted by Gasteiger charge is 2.23. The molecule has 0 spiro atoms. The monoisotopic (exact) mass is 244 g/mol. The Morgan fingerprint density at radius 3 is 2.67 bits per heavy atom. The summed E-state index contributed by atoms with van der Waals surface area (Å²) in [6.07, 6.45) is 0. The summed E-state index contributed by atoms with van der Waals surface area (Å²) in [6, 6.07) is 3.37. The van der Waals surface area contributed by atoms with Gasteiger partial charge in [-0.25, -0.2) is 4.79 Å². The average Bonchev–Trinajstić information content (AvgIpc) is 2.58. The zero-order valence-corrected chi connectivity index (χ0v) is 9.69. The van der Waals surface area contributed by atoms with Crippen LogP contribution in [0.15, 0.2) is 12.1 Å². The molecule has 2 rings (SSSR count). The van der Waals surface area contributed by atoms with Crippen LogP contribution < -0.4 is 10.2 Å². The van der Waals surface area contributed by atoms with E-state index < -0.39 is 0 Å². The fraction of sp³-hybridized carbons (Fsp3) is 0.300. The molecule has 15 heavy (non-hydrogen) atoms. The van der Waals surface area contributed by atoms with Gasteiger partial charge in [0.15, 0.2) is 0 Å². The summed E-state index contributed by atoms with van der Waals surface area (Å²) in [5.74, 6) is 0. The molecule has 0 atom stereocenters. The number of carbonyl (C=O) groups excluding carboxylic acids is 1. The number of urea groups is 1. The molecule has 0 radical (unpaired) electrons. The highest BCUT2D eigenvalue weighted by Crippen LogP contribution is 2.32. The molecule has 0 bridgehead atoms. The van der Waals surface area contributed by atoms with Crippen molar-refractivity contribution in [3.63, 3.8) is 0 Å². The molecule has 5 heteroatoms. The Morgan fingerprint density at radius 1 is 1.33 bits per heavy atom. The van der Waals surface area contributed by atoms with Crippen molar-refractivity contribution in [1.29, 1.82) is 0 Å². The molecule has 0 unspecified atom stereocenters. The van der Waals surface area contributed by atoms with Crippen molar-refractivity contribution in [2.75, 3.05) is 18.0 Å². The van der Waals surface area contributed by atoms with Gasteiger partial charge in [-0.1, -0.05) is 23.2 Å². The molecule has 1 heterocycles. The Morgan fingerprint density at radius 2 is 2.07 bits per heavy atom. The van der Waals surface area contributed by atoms with Crippen molar-refractivity contribution < 1.29 is 4.79 Å². The molecule has 1 aliphatic rings. The first-order chi connectivity index (χ1) is 7.09. The van der Waals surface area contributed by atoms with Crippen LogP contribution in [0.2, 0.25) is 10.0 Å². The van der Waals surface area contributed by atoms with Crippen molar-refractivity contribution in [2.24, 2.45) is 0 Å². The number of hydrogen-bond acceptors (Lipinski definition) is 1. The lowest BCUT2D eigenvalue weighted by atomic mass is 10.2. The zero-order chi connectivity index (χ0) is 11.0. The highest BCUT2D eigenvalue weighted by atomic mass is 35.5. The van der Waals surface area contributed by atoms with Crippen molar-refractivity contribution in [1.82, 2.24) is 5.32 Å². The van der Waals surface area contributed by atoms with E-state index in [0.717, 1.165) is 5.56 Å². The number of aryl methyl sites for hydroxylation is 1. The summed E-state index contributed by atoms with van der Waals surface area (Å²) in [5, 5.41) is 3.88. The van der Waals surface area contributed by atoms with Crippen molar-refractivity contribution >= 4 is 34.9 Å². The van der Waals surface area contributed by atoms with E-state index in [0.29, 0.717) is 28.8 Å². The van der Waals surface area contributed by atoms with E-state index >= 15 is 0 Å². The van der Waals surface area contributed by atoms with Crippen LogP contribution >= 0.6 is 23.2 Å². The van der Waals surface area contributed by atoms with E-state index in [1.165, 1.54) is 0 Å². The molecule has 1 fully saturated rings. The van der Waals surface area contributed by atoms with Gasteiger partial charge in [0.25, 0.3) is 0 Å². The summed E-state index contributed by atoms with van der Waals surface area (Å²) >= 11 is 12.1. The number of nitrogens with one attached hydrogen (secondary N) is 1. The summed E-state index contributed by atoms with van der Waals surface area (Å²) in [5.41, 5.74) is 1.58. The summed E-state index contributed by atoms with van der Waals surface area (Å²) in [7, 11) is 0. The van der Waals surface area contributed by atoms with Crippen LogP contribution in [0.25, 0.3) is 0 Å². The molecular weight excluding hydrogens is 235 g/mol. The Hall–Kier alpha value is -0.930. The van der Waals surface area contributed by atoms with Crippen LogP contribution in [0, 0.1) is 6.92 Å². The van der Waals surface area contributed by atoms with Crippen LogP contribution in [-0.2, 0) is 0 Å². The maximum atomic E-state index is 11.4. The van der Waals surface area contributed by atoms with Crippen molar-refractivity contribution in [3.05, 3.63) is 27.7 Å². The predicted octanol–water partition coefficient (Wildman–Crippen LogP) is 2.83. The molecule has 0 aliphatic carbocycles. The van der Waals surface area contributed by atoms with Crippen LogP contribution in [0.1, 0.15) is 5.56 Å². The second-order valence-corrected chi connectivity index (χ2v) is 4.25.